The molecule has 0 radical (unpaired) electrons. The molecule has 0 aromatic carbocycles. The quantitative estimate of drug-likeness (QED) is 0.482. The molecular formula is C9H11F. The maximum absolute atomic E-state index is 12.7. The van der Waals surface area contributed by atoms with Gasteiger partial charge in [-0.3, -0.25) is 0 Å². The van der Waals surface area contributed by atoms with Crippen LogP contribution >= 0.6 is 0 Å². The smallest absolute Gasteiger partial charge is 0.112 e. The van der Waals surface area contributed by atoms with Crippen molar-refractivity contribution in [2.24, 2.45) is 5.92 Å². The second-order valence-corrected chi connectivity index (χ2v) is 3.26. The Labute approximate surface area is 60.4 Å². The van der Waals surface area contributed by atoms with Crippen molar-refractivity contribution in [1.82, 2.24) is 0 Å². The SMILES string of the molecule is CC1=C(C)C2=C(F)C2CC1. The zero-order chi connectivity index (χ0) is 7.30. The van der Waals surface area contributed by atoms with Crippen molar-refractivity contribution in [3.05, 3.63) is 22.5 Å². The van der Waals surface area contributed by atoms with Gasteiger partial charge in [0.25, 0.3) is 0 Å². The van der Waals surface area contributed by atoms with E-state index in [9.17, 15) is 4.39 Å². The highest BCUT2D eigenvalue weighted by atomic mass is 19.1. The third kappa shape index (κ3) is 0.606. The molecule has 0 aromatic heterocycles. The second kappa shape index (κ2) is 1.71. The van der Waals surface area contributed by atoms with Gasteiger partial charge in [-0.25, -0.2) is 4.39 Å². The van der Waals surface area contributed by atoms with Gasteiger partial charge in [0.05, 0.1) is 0 Å². The first-order valence-corrected chi connectivity index (χ1v) is 3.78. The molecule has 0 fully saturated rings. The number of rotatable bonds is 0. The fourth-order valence-corrected chi connectivity index (χ4v) is 1.73. The summed E-state index contributed by atoms with van der Waals surface area (Å²) in [5, 5.41) is 0. The molecule has 2 aliphatic carbocycles. The van der Waals surface area contributed by atoms with E-state index >= 15 is 0 Å². The van der Waals surface area contributed by atoms with Gasteiger partial charge in [-0.05, 0) is 37.8 Å². The van der Waals surface area contributed by atoms with Crippen molar-refractivity contribution >= 4 is 0 Å². The van der Waals surface area contributed by atoms with Crippen molar-refractivity contribution in [1.29, 1.82) is 0 Å². The van der Waals surface area contributed by atoms with Crippen LogP contribution in [0.4, 0.5) is 4.39 Å². The Bertz CT molecular complexity index is 245. The Hall–Kier alpha value is -0.590. The summed E-state index contributed by atoms with van der Waals surface area (Å²) >= 11 is 0. The minimum absolute atomic E-state index is 0.161. The van der Waals surface area contributed by atoms with Gasteiger partial charge in [-0.2, -0.15) is 0 Å². The van der Waals surface area contributed by atoms with Gasteiger partial charge in [0, 0.05) is 5.92 Å². The molecule has 0 saturated heterocycles. The van der Waals surface area contributed by atoms with Crippen LogP contribution < -0.4 is 0 Å². The fourth-order valence-electron chi connectivity index (χ4n) is 1.73. The summed E-state index contributed by atoms with van der Waals surface area (Å²) in [4.78, 5) is 0. The van der Waals surface area contributed by atoms with Crippen LogP contribution in [0.1, 0.15) is 26.7 Å². The first kappa shape index (κ1) is 6.14. The molecule has 0 amide bonds. The average Bonchev–Trinajstić information content (AvgIpc) is 2.54. The molecule has 0 nitrogen and oxygen atoms in total. The van der Waals surface area contributed by atoms with Crippen molar-refractivity contribution in [2.45, 2.75) is 26.7 Å². The Kier molecular flexibility index (Phi) is 1.05. The lowest BCUT2D eigenvalue weighted by Gasteiger charge is -2.10. The maximum atomic E-state index is 12.7. The minimum Gasteiger partial charge on any atom is -0.211 e. The van der Waals surface area contributed by atoms with E-state index in [1.807, 2.05) is 6.92 Å². The highest BCUT2D eigenvalue weighted by Gasteiger charge is 2.40. The largest absolute Gasteiger partial charge is 0.211 e. The zero-order valence-corrected chi connectivity index (χ0v) is 6.37. The molecule has 2 rings (SSSR count). The van der Waals surface area contributed by atoms with Crippen LogP contribution in [0, 0.1) is 5.92 Å². The van der Waals surface area contributed by atoms with Crippen molar-refractivity contribution in [3.63, 3.8) is 0 Å². The number of hydrogen-bond acceptors (Lipinski definition) is 0. The van der Waals surface area contributed by atoms with E-state index < -0.39 is 0 Å². The lowest BCUT2D eigenvalue weighted by molar-refractivity contribution is 0.582. The van der Waals surface area contributed by atoms with Gasteiger partial charge in [-0.1, -0.05) is 5.57 Å². The topological polar surface area (TPSA) is 0 Å². The minimum atomic E-state index is 0.161. The first-order chi connectivity index (χ1) is 4.72. The van der Waals surface area contributed by atoms with Crippen LogP contribution in [-0.2, 0) is 0 Å². The van der Waals surface area contributed by atoms with E-state index in [0.717, 1.165) is 18.4 Å². The molecule has 1 heteroatoms. The van der Waals surface area contributed by atoms with Gasteiger partial charge >= 0.3 is 0 Å². The zero-order valence-electron chi connectivity index (χ0n) is 6.37. The number of allylic oxidation sites excluding steroid dienone is 4. The molecule has 2 aliphatic rings. The van der Waals surface area contributed by atoms with Crippen LogP contribution in [0.25, 0.3) is 0 Å². The van der Waals surface area contributed by atoms with E-state index in [1.54, 1.807) is 0 Å². The average molecular weight is 138 g/mol. The molecule has 0 N–H and O–H groups in total. The summed E-state index contributed by atoms with van der Waals surface area (Å²) in [5.74, 6) is 0.401. The van der Waals surface area contributed by atoms with Gasteiger partial charge in [-0.15, -0.1) is 0 Å². The van der Waals surface area contributed by atoms with E-state index in [2.05, 4.69) is 6.92 Å². The molecule has 1 atom stereocenters. The van der Waals surface area contributed by atoms with Gasteiger partial charge in [0.2, 0.25) is 0 Å². The van der Waals surface area contributed by atoms with Gasteiger partial charge < -0.3 is 0 Å². The lowest BCUT2D eigenvalue weighted by Crippen LogP contribution is -1.95. The molecule has 0 aromatic rings. The molecule has 1 unspecified atom stereocenters. The highest BCUT2D eigenvalue weighted by Crippen LogP contribution is 2.52. The Morgan fingerprint density at radius 1 is 1.40 bits per heavy atom. The molecular weight excluding hydrogens is 127 g/mol. The first-order valence-electron chi connectivity index (χ1n) is 3.78. The van der Waals surface area contributed by atoms with E-state index in [-0.39, 0.29) is 11.7 Å². The fraction of sp³-hybridized carbons (Fsp3) is 0.556. The van der Waals surface area contributed by atoms with Crippen LogP contribution in [-0.4, -0.2) is 0 Å². The Morgan fingerprint density at radius 2 is 2.10 bits per heavy atom. The molecule has 54 valence electrons. The number of fused-ring (bicyclic) bond motifs is 1. The Morgan fingerprint density at radius 3 is 2.70 bits per heavy atom. The summed E-state index contributed by atoms with van der Waals surface area (Å²) < 4.78 is 12.7. The van der Waals surface area contributed by atoms with Gasteiger partial charge in [0.1, 0.15) is 5.83 Å². The molecule has 0 saturated carbocycles. The third-order valence-corrected chi connectivity index (χ3v) is 2.68. The summed E-state index contributed by atoms with van der Waals surface area (Å²) in [7, 11) is 0. The predicted octanol–water partition coefficient (Wildman–Crippen LogP) is 2.97. The summed E-state index contributed by atoms with van der Waals surface area (Å²) in [5.41, 5.74) is 3.61. The van der Waals surface area contributed by atoms with Gasteiger partial charge in [0.15, 0.2) is 0 Å². The highest BCUT2D eigenvalue weighted by molar-refractivity contribution is 5.53. The van der Waals surface area contributed by atoms with Crippen LogP contribution in [0.5, 0.6) is 0 Å². The molecule has 0 bridgehead atoms. The second-order valence-electron chi connectivity index (χ2n) is 3.26. The van der Waals surface area contributed by atoms with Crippen molar-refractivity contribution in [2.75, 3.05) is 0 Å². The molecule has 0 aliphatic heterocycles. The normalized spacial score (nSPS) is 30.9. The maximum Gasteiger partial charge on any atom is 0.112 e. The summed E-state index contributed by atoms with van der Waals surface area (Å²) in [6.07, 6.45) is 2.11. The lowest BCUT2D eigenvalue weighted by atomic mass is 9.94. The number of hydrogen-bond donors (Lipinski definition) is 0. The van der Waals surface area contributed by atoms with Crippen LogP contribution in [0.3, 0.4) is 0 Å². The Balaban J connectivity index is 2.37. The van der Waals surface area contributed by atoms with E-state index in [4.69, 9.17) is 0 Å². The van der Waals surface area contributed by atoms with E-state index in [0.29, 0.717) is 0 Å². The van der Waals surface area contributed by atoms with E-state index in [1.165, 1.54) is 11.1 Å². The van der Waals surface area contributed by atoms with Crippen LogP contribution in [0.2, 0.25) is 0 Å². The molecule has 10 heavy (non-hydrogen) atoms. The summed E-state index contributed by atoms with van der Waals surface area (Å²) in [6.45, 7) is 4.13. The van der Waals surface area contributed by atoms with Crippen molar-refractivity contribution in [3.8, 4) is 0 Å². The monoisotopic (exact) mass is 138 g/mol. The third-order valence-electron chi connectivity index (χ3n) is 2.68. The number of halogens is 1. The standard InChI is InChI=1S/C9H11F/c1-5-3-4-7-8(6(5)2)9(7)10/h7H,3-4H2,1-2H3. The van der Waals surface area contributed by atoms with Crippen LogP contribution in [0.15, 0.2) is 22.5 Å². The molecule has 0 heterocycles. The van der Waals surface area contributed by atoms with Crippen molar-refractivity contribution < 1.29 is 4.39 Å². The molecule has 0 spiro atoms. The summed E-state index contributed by atoms with van der Waals surface area (Å²) in [6, 6.07) is 0. The predicted molar refractivity (Wildman–Crippen MR) is 39.2 cm³/mol.